The first-order valence-electron chi connectivity index (χ1n) is 5.88. The maximum atomic E-state index is 9.68. The maximum absolute atomic E-state index is 9.68. The van der Waals surface area contributed by atoms with Gasteiger partial charge in [0.2, 0.25) is 0 Å². The Balaban J connectivity index is 2.01. The van der Waals surface area contributed by atoms with Gasteiger partial charge in [0.05, 0.1) is 7.11 Å². The van der Waals surface area contributed by atoms with Crippen LogP contribution in [0.3, 0.4) is 0 Å². The number of likely N-dealkylation sites (tertiary alicyclic amines) is 1. The molecule has 0 aliphatic carbocycles. The van der Waals surface area contributed by atoms with E-state index >= 15 is 0 Å². The van der Waals surface area contributed by atoms with Crippen molar-refractivity contribution >= 4 is 0 Å². The van der Waals surface area contributed by atoms with Gasteiger partial charge in [0.25, 0.3) is 0 Å². The van der Waals surface area contributed by atoms with Crippen LogP contribution in [0.4, 0.5) is 0 Å². The molecule has 16 heavy (non-hydrogen) atoms. The molecule has 0 atom stereocenters. The lowest BCUT2D eigenvalue weighted by atomic mass is 10.1. The molecular weight excluding hydrogens is 202 g/mol. The van der Waals surface area contributed by atoms with E-state index in [1.807, 2.05) is 12.1 Å². The zero-order valence-corrected chi connectivity index (χ0v) is 9.78. The number of nitrogens with zero attached hydrogens (tertiary/aromatic N) is 1. The SMILES string of the molecule is COc1ccc(CN2CCCCC2)cc1O. The van der Waals surface area contributed by atoms with Gasteiger partial charge >= 0.3 is 0 Å². The Morgan fingerprint density at radius 2 is 2.00 bits per heavy atom. The lowest BCUT2D eigenvalue weighted by molar-refractivity contribution is 0.220. The lowest BCUT2D eigenvalue weighted by Gasteiger charge is -2.26. The number of rotatable bonds is 3. The molecule has 0 bridgehead atoms. The second-order valence-electron chi connectivity index (χ2n) is 4.34. The van der Waals surface area contributed by atoms with Crippen LogP contribution in [0.5, 0.6) is 11.5 Å². The van der Waals surface area contributed by atoms with Gasteiger partial charge in [-0.15, -0.1) is 0 Å². The van der Waals surface area contributed by atoms with Crippen LogP contribution in [0.1, 0.15) is 24.8 Å². The van der Waals surface area contributed by atoms with Gasteiger partial charge < -0.3 is 9.84 Å². The summed E-state index contributed by atoms with van der Waals surface area (Å²) in [7, 11) is 1.57. The molecule has 0 unspecified atom stereocenters. The van der Waals surface area contributed by atoms with E-state index < -0.39 is 0 Å². The quantitative estimate of drug-likeness (QED) is 0.850. The van der Waals surface area contributed by atoms with Crippen molar-refractivity contribution in [3.8, 4) is 11.5 Å². The van der Waals surface area contributed by atoms with Crippen molar-refractivity contribution in [2.45, 2.75) is 25.8 Å². The van der Waals surface area contributed by atoms with Gasteiger partial charge in [0.1, 0.15) is 0 Å². The van der Waals surface area contributed by atoms with Crippen molar-refractivity contribution in [1.82, 2.24) is 4.90 Å². The van der Waals surface area contributed by atoms with E-state index in [0.29, 0.717) is 5.75 Å². The van der Waals surface area contributed by atoms with E-state index in [1.54, 1.807) is 13.2 Å². The molecule has 1 aromatic carbocycles. The van der Waals surface area contributed by atoms with E-state index in [4.69, 9.17) is 4.74 Å². The van der Waals surface area contributed by atoms with Gasteiger partial charge in [-0.3, -0.25) is 4.90 Å². The van der Waals surface area contributed by atoms with Gasteiger partial charge in [0.15, 0.2) is 11.5 Å². The molecular formula is C13H19NO2. The largest absolute Gasteiger partial charge is 0.504 e. The molecule has 1 aliphatic rings. The molecule has 0 aromatic heterocycles. The highest BCUT2D eigenvalue weighted by molar-refractivity contribution is 5.41. The zero-order valence-electron chi connectivity index (χ0n) is 9.78. The van der Waals surface area contributed by atoms with Gasteiger partial charge in [-0.25, -0.2) is 0 Å². The van der Waals surface area contributed by atoms with Crippen LogP contribution in [0.15, 0.2) is 18.2 Å². The molecule has 0 spiro atoms. The fourth-order valence-corrected chi connectivity index (χ4v) is 2.21. The standard InChI is InChI=1S/C13H19NO2/c1-16-13-6-5-11(9-12(13)15)10-14-7-3-2-4-8-14/h5-6,9,15H,2-4,7-8,10H2,1H3. The number of phenols is 1. The molecule has 88 valence electrons. The van der Waals surface area contributed by atoms with Gasteiger partial charge in [-0.2, -0.15) is 0 Å². The summed E-state index contributed by atoms with van der Waals surface area (Å²) in [6.07, 6.45) is 3.94. The third-order valence-electron chi connectivity index (χ3n) is 3.10. The van der Waals surface area contributed by atoms with Crippen LogP contribution in [-0.4, -0.2) is 30.2 Å². The summed E-state index contributed by atoms with van der Waals surface area (Å²) in [6.45, 7) is 3.27. The highest BCUT2D eigenvalue weighted by atomic mass is 16.5. The van der Waals surface area contributed by atoms with Crippen molar-refractivity contribution in [2.24, 2.45) is 0 Å². The predicted molar refractivity (Wildman–Crippen MR) is 63.8 cm³/mol. The minimum atomic E-state index is 0.233. The number of aromatic hydroxyl groups is 1. The number of phenolic OH excluding ortho intramolecular Hbond substituents is 1. The fraction of sp³-hybridized carbons (Fsp3) is 0.538. The Labute approximate surface area is 96.6 Å². The first-order valence-corrected chi connectivity index (χ1v) is 5.88. The summed E-state index contributed by atoms with van der Waals surface area (Å²) >= 11 is 0. The molecule has 1 fully saturated rings. The number of methoxy groups -OCH3 is 1. The molecule has 3 heteroatoms. The fourth-order valence-electron chi connectivity index (χ4n) is 2.21. The number of ether oxygens (including phenoxy) is 1. The average molecular weight is 221 g/mol. The van der Waals surface area contributed by atoms with Crippen molar-refractivity contribution in [3.63, 3.8) is 0 Å². The highest BCUT2D eigenvalue weighted by Crippen LogP contribution is 2.27. The van der Waals surface area contributed by atoms with E-state index in [-0.39, 0.29) is 5.75 Å². The van der Waals surface area contributed by atoms with Crippen LogP contribution in [0, 0.1) is 0 Å². The third kappa shape index (κ3) is 2.67. The second kappa shape index (κ2) is 5.21. The molecule has 1 heterocycles. The molecule has 0 saturated carbocycles. The smallest absolute Gasteiger partial charge is 0.160 e. The highest BCUT2D eigenvalue weighted by Gasteiger charge is 2.11. The number of benzene rings is 1. The van der Waals surface area contributed by atoms with Crippen molar-refractivity contribution in [1.29, 1.82) is 0 Å². The van der Waals surface area contributed by atoms with Crippen molar-refractivity contribution in [3.05, 3.63) is 23.8 Å². The maximum Gasteiger partial charge on any atom is 0.160 e. The van der Waals surface area contributed by atoms with Crippen molar-refractivity contribution < 1.29 is 9.84 Å². The number of piperidine rings is 1. The van der Waals surface area contributed by atoms with Crippen LogP contribution >= 0.6 is 0 Å². The molecule has 1 aromatic rings. The summed E-state index contributed by atoms with van der Waals surface area (Å²) in [5, 5.41) is 9.68. The monoisotopic (exact) mass is 221 g/mol. The summed E-state index contributed by atoms with van der Waals surface area (Å²) in [5.41, 5.74) is 1.15. The Hall–Kier alpha value is -1.22. The molecule has 1 aliphatic heterocycles. The van der Waals surface area contributed by atoms with Gasteiger partial charge in [-0.1, -0.05) is 12.5 Å². The van der Waals surface area contributed by atoms with Gasteiger partial charge in [-0.05, 0) is 43.6 Å². The molecule has 2 rings (SSSR count). The number of hydrogen-bond donors (Lipinski definition) is 1. The van der Waals surface area contributed by atoms with E-state index in [0.717, 1.165) is 12.1 Å². The molecule has 3 nitrogen and oxygen atoms in total. The predicted octanol–water partition coefficient (Wildman–Crippen LogP) is 2.39. The van der Waals surface area contributed by atoms with E-state index in [2.05, 4.69) is 4.90 Å². The van der Waals surface area contributed by atoms with E-state index in [1.165, 1.54) is 32.4 Å². The Morgan fingerprint density at radius 3 is 2.62 bits per heavy atom. The lowest BCUT2D eigenvalue weighted by Crippen LogP contribution is -2.29. The van der Waals surface area contributed by atoms with E-state index in [9.17, 15) is 5.11 Å². The first-order chi connectivity index (χ1) is 7.79. The molecule has 0 radical (unpaired) electrons. The summed E-state index contributed by atoms with van der Waals surface area (Å²) in [4.78, 5) is 2.44. The Kier molecular flexibility index (Phi) is 3.67. The minimum absolute atomic E-state index is 0.233. The Morgan fingerprint density at radius 1 is 1.25 bits per heavy atom. The molecule has 1 N–H and O–H groups in total. The van der Waals surface area contributed by atoms with Crippen LogP contribution in [-0.2, 0) is 6.54 Å². The van der Waals surface area contributed by atoms with Crippen LogP contribution in [0.25, 0.3) is 0 Å². The molecule has 0 amide bonds. The summed E-state index contributed by atoms with van der Waals surface area (Å²) in [6, 6.07) is 5.65. The Bertz CT molecular complexity index is 346. The molecule has 1 saturated heterocycles. The normalized spacial score (nSPS) is 17.3. The second-order valence-corrected chi connectivity index (χ2v) is 4.34. The third-order valence-corrected chi connectivity index (χ3v) is 3.10. The first kappa shape index (κ1) is 11.3. The zero-order chi connectivity index (χ0) is 11.4. The topological polar surface area (TPSA) is 32.7 Å². The number of hydrogen-bond acceptors (Lipinski definition) is 3. The average Bonchev–Trinajstić information content (AvgIpc) is 2.31. The van der Waals surface area contributed by atoms with Gasteiger partial charge in [0, 0.05) is 6.54 Å². The van der Waals surface area contributed by atoms with Crippen LogP contribution in [0.2, 0.25) is 0 Å². The van der Waals surface area contributed by atoms with Crippen LogP contribution < -0.4 is 4.74 Å². The summed E-state index contributed by atoms with van der Waals surface area (Å²) in [5.74, 6) is 0.777. The van der Waals surface area contributed by atoms with Crippen molar-refractivity contribution in [2.75, 3.05) is 20.2 Å². The minimum Gasteiger partial charge on any atom is -0.504 e. The summed E-state index contributed by atoms with van der Waals surface area (Å²) < 4.78 is 5.03.